The van der Waals surface area contributed by atoms with Gasteiger partial charge in [-0.05, 0) is 37.5 Å². The van der Waals surface area contributed by atoms with Crippen LogP contribution >= 0.6 is 0 Å². The number of hydrogen-bond acceptors (Lipinski definition) is 2. The fraction of sp³-hybridized carbons (Fsp3) is 0.529. The molecule has 0 bridgehead atoms. The van der Waals surface area contributed by atoms with Crippen LogP contribution in [0.15, 0.2) is 18.2 Å². The third-order valence-corrected chi connectivity index (χ3v) is 4.89. The number of benzene rings is 1. The summed E-state index contributed by atoms with van der Waals surface area (Å²) in [7, 11) is 1.98. The minimum Gasteiger partial charge on any atom is -0.481 e. The van der Waals surface area contributed by atoms with Gasteiger partial charge in [0.05, 0.1) is 16.4 Å². The molecule has 0 radical (unpaired) electrons. The number of aryl methyl sites for hydroxylation is 2. The fourth-order valence-electron chi connectivity index (χ4n) is 3.52. The lowest BCUT2D eigenvalue weighted by molar-refractivity contribution is -0.151. The summed E-state index contributed by atoms with van der Waals surface area (Å²) in [6.45, 7) is 2.05. The maximum atomic E-state index is 11.8. The summed E-state index contributed by atoms with van der Waals surface area (Å²) in [5, 5.41) is 9.72. The molecule has 112 valence electrons. The van der Waals surface area contributed by atoms with E-state index in [1.807, 2.05) is 18.5 Å². The largest absolute Gasteiger partial charge is 0.481 e. The number of aromatic nitrogens is 2. The van der Waals surface area contributed by atoms with E-state index in [2.05, 4.69) is 18.2 Å². The third kappa shape index (κ3) is 2.43. The lowest BCUT2D eigenvalue weighted by atomic mass is 9.71. The zero-order valence-electron chi connectivity index (χ0n) is 12.7. The Labute approximate surface area is 124 Å². The van der Waals surface area contributed by atoms with Gasteiger partial charge in [0.15, 0.2) is 0 Å². The number of nitrogens with zero attached hydrogens (tertiary/aromatic N) is 2. The highest BCUT2D eigenvalue weighted by atomic mass is 16.4. The first kappa shape index (κ1) is 14.1. The van der Waals surface area contributed by atoms with Crippen molar-refractivity contribution < 1.29 is 9.90 Å². The van der Waals surface area contributed by atoms with Gasteiger partial charge in [-0.25, -0.2) is 4.98 Å². The summed E-state index contributed by atoms with van der Waals surface area (Å²) in [5.74, 6) is 0.227. The van der Waals surface area contributed by atoms with Gasteiger partial charge >= 0.3 is 5.97 Å². The number of fused-ring (bicyclic) bond motifs is 1. The topological polar surface area (TPSA) is 55.1 Å². The normalized spacial score (nSPS) is 18.0. The van der Waals surface area contributed by atoms with Crippen molar-refractivity contribution in [2.24, 2.45) is 12.5 Å². The van der Waals surface area contributed by atoms with Gasteiger partial charge in [-0.3, -0.25) is 4.79 Å². The lowest BCUT2D eigenvalue weighted by Gasteiger charge is -2.32. The van der Waals surface area contributed by atoms with Crippen molar-refractivity contribution in [1.29, 1.82) is 0 Å². The van der Waals surface area contributed by atoms with Gasteiger partial charge in [0.25, 0.3) is 0 Å². The highest BCUT2D eigenvalue weighted by Gasteiger charge is 2.40. The molecule has 1 N–H and O–H groups in total. The Morgan fingerprint density at radius 2 is 2.05 bits per heavy atom. The second kappa shape index (κ2) is 5.17. The highest BCUT2D eigenvalue weighted by molar-refractivity contribution is 5.78. The van der Waals surface area contributed by atoms with Crippen LogP contribution in [-0.4, -0.2) is 20.6 Å². The molecule has 0 spiro atoms. The molecule has 4 nitrogen and oxygen atoms in total. The van der Waals surface area contributed by atoms with Crippen LogP contribution in [0.2, 0.25) is 0 Å². The van der Waals surface area contributed by atoms with Crippen molar-refractivity contribution in [3.05, 3.63) is 29.6 Å². The lowest BCUT2D eigenvalue weighted by Crippen LogP contribution is -2.36. The molecule has 0 saturated heterocycles. The second-order valence-electron chi connectivity index (χ2n) is 6.40. The number of carboxylic acids is 1. The predicted octanol–water partition coefficient (Wildman–Crippen LogP) is 3.46. The minimum absolute atomic E-state index is 0.534. The van der Waals surface area contributed by atoms with Crippen molar-refractivity contribution in [3.63, 3.8) is 0 Å². The molecular weight excluding hydrogens is 264 g/mol. The van der Waals surface area contributed by atoms with Crippen molar-refractivity contribution in [1.82, 2.24) is 9.55 Å². The Morgan fingerprint density at radius 3 is 2.71 bits per heavy atom. The van der Waals surface area contributed by atoms with Crippen molar-refractivity contribution in [2.45, 2.75) is 45.4 Å². The van der Waals surface area contributed by atoms with Crippen molar-refractivity contribution >= 4 is 17.0 Å². The summed E-state index contributed by atoms with van der Waals surface area (Å²) in [4.78, 5) is 16.5. The van der Waals surface area contributed by atoms with Gasteiger partial charge in [0.2, 0.25) is 0 Å². The number of aliphatic carboxylic acids is 1. The molecule has 3 rings (SSSR count). The monoisotopic (exact) mass is 286 g/mol. The van der Waals surface area contributed by atoms with Gasteiger partial charge in [0, 0.05) is 13.5 Å². The minimum atomic E-state index is -0.662. The van der Waals surface area contributed by atoms with E-state index in [9.17, 15) is 9.90 Å². The maximum absolute atomic E-state index is 11.8. The average molecular weight is 286 g/mol. The van der Waals surface area contributed by atoms with Gasteiger partial charge in [-0.15, -0.1) is 0 Å². The van der Waals surface area contributed by atoms with Gasteiger partial charge in [-0.2, -0.15) is 0 Å². The van der Waals surface area contributed by atoms with E-state index in [1.165, 1.54) is 5.56 Å². The maximum Gasteiger partial charge on any atom is 0.310 e. The molecular formula is C17H22N2O2. The van der Waals surface area contributed by atoms with Gasteiger partial charge in [0.1, 0.15) is 5.82 Å². The molecule has 1 aliphatic rings. The molecule has 21 heavy (non-hydrogen) atoms. The molecule has 2 aromatic rings. The number of imidazole rings is 1. The first-order valence-corrected chi connectivity index (χ1v) is 7.67. The Morgan fingerprint density at radius 1 is 1.33 bits per heavy atom. The van der Waals surface area contributed by atoms with Crippen LogP contribution in [-0.2, 0) is 18.3 Å². The zero-order valence-corrected chi connectivity index (χ0v) is 12.7. The molecule has 1 aliphatic carbocycles. The first-order chi connectivity index (χ1) is 10.0. The van der Waals surface area contributed by atoms with E-state index in [-0.39, 0.29) is 0 Å². The van der Waals surface area contributed by atoms with Crippen LogP contribution in [0.3, 0.4) is 0 Å². The van der Waals surface area contributed by atoms with E-state index < -0.39 is 11.4 Å². The van der Waals surface area contributed by atoms with Crippen LogP contribution in [0.5, 0.6) is 0 Å². The van der Waals surface area contributed by atoms with E-state index in [1.54, 1.807) is 0 Å². The van der Waals surface area contributed by atoms with Crippen LogP contribution in [0.1, 0.15) is 43.5 Å². The Kier molecular flexibility index (Phi) is 3.47. The van der Waals surface area contributed by atoms with Crippen LogP contribution < -0.4 is 0 Å². The van der Waals surface area contributed by atoms with E-state index in [0.717, 1.165) is 49.0 Å². The Bertz CT molecular complexity index is 681. The summed E-state index contributed by atoms with van der Waals surface area (Å²) < 4.78 is 2.05. The Balaban J connectivity index is 2.00. The highest BCUT2D eigenvalue weighted by Crippen LogP contribution is 2.39. The summed E-state index contributed by atoms with van der Waals surface area (Å²) >= 11 is 0. The average Bonchev–Trinajstić information content (AvgIpc) is 2.75. The first-order valence-electron chi connectivity index (χ1n) is 7.67. The molecule has 0 unspecified atom stereocenters. The molecule has 1 heterocycles. The van der Waals surface area contributed by atoms with E-state index in [4.69, 9.17) is 4.98 Å². The number of rotatable bonds is 3. The van der Waals surface area contributed by atoms with E-state index in [0.29, 0.717) is 6.42 Å². The summed E-state index contributed by atoms with van der Waals surface area (Å²) in [6, 6.07) is 6.20. The smallest absolute Gasteiger partial charge is 0.310 e. The van der Waals surface area contributed by atoms with Crippen LogP contribution in [0.25, 0.3) is 11.0 Å². The standard InChI is InChI=1S/C17H22N2O2/c1-12-6-7-14-13(10-12)18-15(19(14)2)11-17(16(20)21)8-4-3-5-9-17/h6-7,10H,3-5,8-9,11H2,1-2H3,(H,20,21). The molecule has 1 aromatic carbocycles. The van der Waals surface area contributed by atoms with Crippen LogP contribution in [0, 0.1) is 12.3 Å². The molecule has 0 atom stereocenters. The quantitative estimate of drug-likeness (QED) is 0.940. The predicted molar refractivity (Wildman–Crippen MR) is 82.3 cm³/mol. The SMILES string of the molecule is Cc1ccc2c(c1)nc(CC1(C(=O)O)CCCCC1)n2C. The van der Waals surface area contributed by atoms with Gasteiger partial charge in [-0.1, -0.05) is 25.3 Å². The summed E-state index contributed by atoms with van der Waals surface area (Å²) in [5.41, 5.74) is 2.59. The van der Waals surface area contributed by atoms with Crippen molar-refractivity contribution in [2.75, 3.05) is 0 Å². The molecule has 1 fully saturated rings. The fourth-order valence-corrected chi connectivity index (χ4v) is 3.52. The number of hydrogen-bond donors (Lipinski definition) is 1. The molecule has 0 aliphatic heterocycles. The third-order valence-electron chi connectivity index (χ3n) is 4.89. The number of carboxylic acid groups (broad SMARTS) is 1. The number of carbonyl (C=O) groups is 1. The van der Waals surface area contributed by atoms with Crippen molar-refractivity contribution in [3.8, 4) is 0 Å². The summed E-state index contributed by atoms with van der Waals surface area (Å²) in [6.07, 6.45) is 5.24. The molecule has 0 amide bonds. The zero-order chi connectivity index (χ0) is 15.0. The molecule has 1 saturated carbocycles. The molecule has 1 aromatic heterocycles. The van der Waals surface area contributed by atoms with Gasteiger partial charge < -0.3 is 9.67 Å². The second-order valence-corrected chi connectivity index (χ2v) is 6.40. The van der Waals surface area contributed by atoms with Crippen LogP contribution in [0.4, 0.5) is 0 Å². The molecule has 4 heteroatoms. The van der Waals surface area contributed by atoms with E-state index >= 15 is 0 Å². The Hall–Kier alpha value is -1.84.